The first-order valence-electron chi connectivity index (χ1n) is 11.7. The molecule has 1 fully saturated rings. The number of anilines is 3. The fraction of sp³-hybridized carbons (Fsp3) is 0.375. The van der Waals surface area contributed by atoms with Crippen molar-refractivity contribution in [3.8, 4) is 11.5 Å². The average Bonchev–Trinajstić information content (AvgIpc) is 2.90. The third-order valence-corrected chi connectivity index (χ3v) is 5.85. The summed E-state index contributed by atoms with van der Waals surface area (Å²) in [7, 11) is 0. The number of ether oxygens (including phenoxy) is 2. The van der Waals surface area contributed by atoms with Crippen LogP contribution in [0.1, 0.15) is 0 Å². The average molecular weight is 500 g/mol. The summed E-state index contributed by atoms with van der Waals surface area (Å²) in [6.45, 7) is 3.95. The maximum Gasteiger partial charge on any atom is 0.322 e. The number of alkyl halides is 2. The molecule has 0 aromatic heterocycles. The molecule has 4 N–H and O–H groups in total. The van der Waals surface area contributed by atoms with Crippen LogP contribution in [0, 0.1) is 0 Å². The predicted octanol–water partition coefficient (Wildman–Crippen LogP) is 2.23. The minimum absolute atomic E-state index is 0.0198. The number of guanidine groups is 1. The predicted molar refractivity (Wildman–Crippen MR) is 134 cm³/mol. The standard InChI is InChI=1S/C24H27F2N7O3/c25-24(26)15-29-23(32-22(24)30-18-4-5-19-20(13-18)36-11-10-35-19)31-17-3-1-2-16(12-17)28-14-21(34)33-8-6-27-7-9-33/h1-5,12-13,15,22,27-28,30H,6-11,14H2,(H,31,32). The molecule has 1 amide bonds. The Balaban J connectivity index is 1.23. The molecule has 3 aliphatic heterocycles. The van der Waals surface area contributed by atoms with Crippen molar-refractivity contribution in [3.63, 3.8) is 0 Å². The van der Waals surface area contributed by atoms with Crippen LogP contribution < -0.4 is 30.7 Å². The third-order valence-electron chi connectivity index (χ3n) is 5.85. The van der Waals surface area contributed by atoms with Crippen LogP contribution in [0.15, 0.2) is 52.4 Å². The van der Waals surface area contributed by atoms with Crippen molar-refractivity contribution in [3.05, 3.63) is 42.5 Å². The summed E-state index contributed by atoms with van der Waals surface area (Å²) in [4.78, 5) is 22.1. The van der Waals surface area contributed by atoms with Crippen LogP contribution in [0.25, 0.3) is 0 Å². The SMILES string of the molecule is O=C(CNc1cccc(NC2=NC(Nc3ccc4c(c3)OCCO4)C(F)(F)C=N2)c1)N1CCNCC1. The Morgan fingerprint density at radius 1 is 1.06 bits per heavy atom. The number of aliphatic imine (C=N–C) groups is 2. The van der Waals surface area contributed by atoms with E-state index in [1.165, 1.54) is 0 Å². The van der Waals surface area contributed by atoms with Gasteiger partial charge < -0.3 is 35.6 Å². The monoisotopic (exact) mass is 499 g/mol. The van der Waals surface area contributed by atoms with Gasteiger partial charge in [-0.3, -0.25) is 4.79 Å². The van der Waals surface area contributed by atoms with Gasteiger partial charge in [-0.2, -0.15) is 8.78 Å². The van der Waals surface area contributed by atoms with Gasteiger partial charge in [-0.25, -0.2) is 9.98 Å². The molecule has 1 saturated heterocycles. The van der Waals surface area contributed by atoms with Crippen molar-refractivity contribution in [2.45, 2.75) is 12.1 Å². The quantitative estimate of drug-likeness (QED) is 0.482. The molecule has 0 saturated carbocycles. The second-order valence-electron chi connectivity index (χ2n) is 8.48. The summed E-state index contributed by atoms with van der Waals surface area (Å²) >= 11 is 0. The molecule has 36 heavy (non-hydrogen) atoms. The van der Waals surface area contributed by atoms with Crippen LogP contribution in [0.4, 0.5) is 25.8 Å². The zero-order valence-electron chi connectivity index (χ0n) is 19.5. The van der Waals surface area contributed by atoms with Crippen LogP contribution in [-0.2, 0) is 4.79 Å². The Kier molecular flexibility index (Phi) is 6.85. The van der Waals surface area contributed by atoms with Gasteiger partial charge in [0.15, 0.2) is 17.7 Å². The highest BCUT2D eigenvalue weighted by atomic mass is 19.3. The lowest BCUT2D eigenvalue weighted by atomic mass is 10.2. The highest BCUT2D eigenvalue weighted by Gasteiger charge is 2.41. The molecule has 12 heteroatoms. The Morgan fingerprint density at radius 2 is 1.83 bits per heavy atom. The van der Waals surface area contributed by atoms with E-state index in [1.807, 2.05) is 11.0 Å². The van der Waals surface area contributed by atoms with Crippen molar-refractivity contribution in [2.24, 2.45) is 9.98 Å². The molecule has 0 radical (unpaired) electrons. The van der Waals surface area contributed by atoms with E-state index in [0.29, 0.717) is 61.1 Å². The summed E-state index contributed by atoms with van der Waals surface area (Å²) in [5, 5.41) is 12.0. The topological polar surface area (TPSA) is 112 Å². The molecule has 3 heterocycles. The van der Waals surface area contributed by atoms with Gasteiger partial charge in [0.05, 0.1) is 12.8 Å². The Labute approximate surface area is 206 Å². The number of carbonyl (C=O) groups is 1. The fourth-order valence-corrected chi connectivity index (χ4v) is 3.98. The largest absolute Gasteiger partial charge is 0.486 e. The van der Waals surface area contributed by atoms with Gasteiger partial charge in [-0.1, -0.05) is 6.07 Å². The zero-order valence-corrected chi connectivity index (χ0v) is 19.5. The Morgan fingerprint density at radius 3 is 2.67 bits per heavy atom. The van der Waals surface area contributed by atoms with E-state index in [0.717, 1.165) is 13.1 Å². The second-order valence-corrected chi connectivity index (χ2v) is 8.48. The number of nitrogens with zero attached hydrogens (tertiary/aromatic N) is 3. The normalized spacial score (nSPS) is 20.3. The summed E-state index contributed by atoms with van der Waals surface area (Å²) in [5.41, 5.74) is 1.72. The molecular weight excluding hydrogens is 472 g/mol. The number of hydrogen-bond acceptors (Lipinski definition) is 9. The van der Waals surface area contributed by atoms with Crippen molar-refractivity contribution in [1.29, 1.82) is 0 Å². The van der Waals surface area contributed by atoms with Crippen molar-refractivity contribution in [2.75, 3.05) is 61.9 Å². The Hall–Kier alpha value is -3.93. The number of halogens is 2. The lowest BCUT2D eigenvalue weighted by Gasteiger charge is -2.27. The number of rotatable bonds is 6. The van der Waals surface area contributed by atoms with Gasteiger partial charge in [-0.05, 0) is 30.3 Å². The molecule has 1 atom stereocenters. The van der Waals surface area contributed by atoms with Crippen molar-refractivity contribution in [1.82, 2.24) is 10.2 Å². The van der Waals surface area contributed by atoms with E-state index in [9.17, 15) is 13.6 Å². The van der Waals surface area contributed by atoms with Gasteiger partial charge in [0, 0.05) is 49.3 Å². The fourth-order valence-electron chi connectivity index (χ4n) is 3.98. The minimum Gasteiger partial charge on any atom is -0.486 e. The number of nitrogens with one attached hydrogen (secondary N) is 4. The summed E-state index contributed by atoms with van der Waals surface area (Å²) in [5.74, 6) is -2.19. The third kappa shape index (κ3) is 5.65. The molecular formula is C24H27F2N7O3. The van der Waals surface area contributed by atoms with E-state index in [4.69, 9.17) is 9.47 Å². The number of amides is 1. The van der Waals surface area contributed by atoms with Gasteiger partial charge in [0.25, 0.3) is 0 Å². The van der Waals surface area contributed by atoms with E-state index >= 15 is 0 Å². The highest BCUT2D eigenvalue weighted by molar-refractivity contribution is 6.01. The second kappa shape index (κ2) is 10.4. The number of piperazine rings is 1. The lowest BCUT2D eigenvalue weighted by molar-refractivity contribution is -0.129. The number of fused-ring (bicyclic) bond motifs is 1. The van der Waals surface area contributed by atoms with Crippen LogP contribution >= 0.6 is 0 Å². The maximum absolute atomic E-state index is 14.5. The molecule has 190 valence electrons. The lowest BCUT2D eigenvalue weighted by Crippen LogP contribution is -2.48. The van der Waals surface area contributed by atoms with Gasteiger partial charge in [0.1, 0.15) is 13.2 Å². The van der Waals surface area contributed by atoms with E-state index < -0.39 is 12.1 Å². The van der Waals surface area contributed by atoms with Crippen molar-refractivity contribution >= 4 is 35.1 Å². The maximum atomic E-state index is 14.5. The first-order valence-corrected chi connectivity index (χ1v) is 11.7. The summed E-state index contributed by atoms with van der Waals surface area (Å²) < 4.78 is 40.1. The summed E-state index contributed by atoms with van der Waals surface area (Å²) in [6, 6.07) is 12.0. The van der Waals surface area contributed by atoms with Crippen molar-refractivity contribution < 1.29 is 23.0 Å². The molecule has 1 unspecified atom stereocenters. The number of hydrogen-bond donors (Lipinski definition) is 4. The molecule has 10 nitrogen and oxygen atoms in total. The number of benzene rings is 2. The molecule has 2 aromatic rings. The van der Waals surface area contributed by atoms with E-state index in [1.54, 1.807) is 36.4 Å². The minimum atomic E-state index is -3.30. The zero-order chi connectivity index (χ0) is 25.0. The van der Waals surface area contributed by atoms with Crippen LogP contribution in [0.2, 0.25) is 0 Å². The summed E-state index contributed by atoms with van der Waals surface area (Å²) in [6.07, 6.45) is -0.996. The van der Waals surface area contributed by atoms with Gasteiger partial charge in [0.2, 0.25) is 11.9 Å². The van der Waals surface area contributed by atoms with Crippen LogP contribution in [0.3, 0.4) is 0 Å². The Bertz CT molecular complexity index is 1170. The van der Waals surface area contributed by atoms with Crippen LogP contribution in [-0.4, -0.2) is 81.0 Å². The first kappa shape index (κ1) is 23.8. The molecule has 5 rings (SSSR count). The highest BCUT2D eigenvalue weighted by Crippen LogP contribution is 2.34. The molecule has 2 aromatic carbocycles. The molecule has 0 bridgehead atoms. The molecule has 3 aliphatic rings. The van der Waals surface area contributed by atoms with Gasteiger partial charge in [-0.15, -0.1) is 0 Å². The molecule has 0 aliphatic carbocycles. The van der Waals surface area contributed by atoms with E-state index in [-0.39, 0.29) is 18.4 Å². The smallest absolute Gasteiger partial charge is 0.322 e. The first-order chi connectivity index (χ1) is 17.5. The number of carbonyl (C=O) groups excluding carboxylic acids is 1. The van der Waals surface area contributed by atoms with Gasteiger partial charge >= 0.3 is 5.92 Å². The van der Waals surface area contributed by atoms with E-state index in [2.05, 4.69) is 31.3 Å². The molecule has 0 spiro atoms. The van der Waals surface area contributed by atoms with Crippen LogP contribution in [0.5, 0.6) is 11.5 Å².